The normalized spacial score (nSPS) is 20.6. The van der Waals surface area contributed by atoms with Gasteiger partial charge >= 0.3 is 0 Å². The molecule has 1 aromatic rings. The third kappa shape index (κ3) is 6.30. The molecule has 0 radical (unpaired) electrons. The summed E-state index contributed by atoms with van der Waals surface area (Å²) in [6.07, 6.45) is 6.59. The third-order valence-corrected chi connectivity index (χ3v) is 5.97. The molecule has 2 fully saturated rings. The molecule has 1 aliphatic carbocycles. The zero-order valence-corrected chi connectivity index (χ0v) is 20.1. The van der Waals surface area contributed by atoms with E-state index in [1.807, 2.05) is 11.0 Å². The molecule has 1 amide bonds. The van der Waals surface area contributed by atoms with Gasteiger partial charge in [0, 0.05) is 48.7 Å². The fourth-order valence-electron chi connectivity index (χ4n) is 3.92. The van der Waals surface area contributed by atoms with Crippen LogP contribution in [0.3, 0.4) is 0 Å². The molecule has 2 aliphatic rings. The van der Waals surface area contributed by atoms with Gasteiger partial charge in [-0.1, -0.05) is 41.3 Å². The van der Waals surface area contributed by atoms with Gasteiger partial charge in [-0.05, 0) is 31.4 Å². The zero-order chi connectivity index (χ0) is 19.2. The van der Waals surface area contributed by atoms with E-state index in [2.05, 4.69) is 31.6 Å². The fraction of sp³-hybridized carbons (Fsp3) is 0.600. The number of carbonyl (C=O) groups is 1. The summed E-state index contributed by atoms with van der Waals surface area (Å²) in [4.78, 5) is 18.9. The number of halogens is 3. The van der Waals surface area contributed by atoms with Gasteiger partial charge in [-0.15, -0.1) is 24.0 Å². The van der Waals surface area contributed by atoms with Gasteiger partial charge in [0.2, 0.25) is 5.91 Å². The maximum absolute atomic E-state index is 14.0. The van der Waals surface area contributed by atoms with Gasteiger partial charge < -0.3 is 15.5 Å². The molecule has 0 spiro atoms. The largest absolute Gasteiger partial charge is 0.352 e. The molecule has 2 N–H and O–H groups in total. The van der Waals surface area contributed by atoms with Crippen LogP contribution in [0, 0.1) is 11.7 Å². The lowest BCUT2D eigenvalue weighted by molar-refractivity contribution is -0.135. The maximum Gasteiger partial charge on any atom is 0.225 e. The molecule has 0 aromatic heterocycles. The quantitative estimate of drug-likeness (QED) is 0.328. The molecule has 1 unspecified atom stereocenters. The van der Waals surface area contributed by atoms with Crippen molar-refractivity contribution in [1.29, 1.82) is 0 Å². The molecule has 8 heteroatoms. The molecule has 156 valence electrons. The number of nitrogens with zero attached hydrogens (tertiary/aromatic N) is 2. The van der Waals surface area contributed by atoms with Crippen molar-refractivity contribution < 1.29 is 9.18 Å². The summed E-state index contributed by atoms with van der Waals surface area (Å²) < 4.78 is 14.7. The predicted molar refractivity (Wildman–Crippen MR) is 124 cm³/mol. The van der Waals surface area contributed by atoms with E-state index in [0.29, 0.717) is 30.5 Å². The number of likely N-dealkylation sites (tertiary alicyclic amines) is 1. The average molecular weight is 567 g/mol. The van der Waals surface area contributed by atoms with Crippen LogP contribution in [0.4, 0.5) is 4.39 Å². The minimum absolute atomic E-state index is 0. The summed E-state index contributed by atoms with van der Waals surface area (Å²) in [6.45, 7) is 1.87. The molecule has 1 aliphatic heterocycles. The third-order valence-electron chi connectivity index (χ3n) is 5.48. The Kier molecular flexibility index (Phi) is 9.46. The van der Waals surface area contributed by atoms with Gasteiger partial charge in [-0.25, -0.2) is 4.39 Å². The topological polar surface area (TPSA) is 56.7 Å². The van der Waals surface area contributed by atoms with E-state index in [1.165, 1.54) is 25.3 Å². The van der Waals surface area contributed by atoms with Crippen LogP contribution in [0.2, 0.25) is 0 Å². The first-order valence-electron chi connectivity index (χ1n) is 9.76. The van der Waals surface area contributed by atoms with Crippen LogP contribution in [0.25, 0.3) is 0 Å². The van der Waals surface area contributed by atoms with Crippen molar-refractivity contribution in [2.24, 2.45) is 10.9 Å². The number of hydrogen-bond acceptors (Lipinski definition) is 2. The van der Waals surface area contributed by atoms with Crippen molar-refractivity contribution in [2.75, 3.05) is 20.1 Å². The van der Waals surface area contributed by atoms with Gasteiger partial charge in [0.1, 0.15) is 5.82 Å². The summed E-state index contributed by atoms with van der Waals surface area (Å²) in [7, 11) is 1.70. The minimum Gasteiger partial charge on any atom is -0.352 e. The Labute approximate surface area is 192 Å². The standard InChI is InChI=1S/C20H28BrFN4O.HI/c1-23-20(24-12-15-7-8-16(21)11-18(15)22)25-17-9-10-26(13-17)19(27)14-5-3-2-4-6-14;/h7-8,11,14,17H,2-6,9-10,12-13H2,1H3,(H2,23,24,25);1H. The molecule has 1 saturated carbocycles. The Hall–Kier alpha value is -0.900. The molecule has 28 heavy (non-hydrogen) atoms. The van der Waals surface area contributed by atoms with Crippen LogP contribution in [0.5, 0.6) is 0 Å². The number of hydrogen-bond donors (Lipinski definition) is 2. The molecule has 3 rings (SSSR count). The van der Waals surface area contributed by atoms with E-state index in [9.17, 15) is 9.18 Å². The first-order chi connectivity index (χ1) is 13.1. The number of amides is 1. The van der Waals surface area contributed by atoms with E-state index in [1.54, 1.807) is 13.1 Å². The molecular weight excluding hydrogens is 538 g/mol. The van der Waals surface area contributed by atoms with Crippen LogP contribution in [-0.4, -0.2) is 42.9 Å². The lowest BCUT2D eigenvalue weighted by Crippen LogP contribution is -2.45. The van der Waals surface area contributed by atoms with E-state index < -0.39 is 0 Å². The molecule has 1 aromatic carbocycles. The van der Waals surface area contributed by atoms with Crippen molar-refractivity contribution in [3.05, 3.63) is 34.1 Å². The predicted octanol–water partition coefficient (Wildman–Crippen LogP) is 4.05. The smallest absolute Gasteiger partial charge is 0.225 e. The number of rotatable bonds is 4. The fourth-order valence-corrected chi connectivity index (χ4v) is 4.25. The number of benzene rings is 1. The Balaban J connectivity index is 0.00000280. The monoisotopic (exact) mass is 566 g/mol. The Morgan fingerprint density at radius 1 is 1.29 bits per heavy atom. The average Bonchev–Trinajstić information content (AvgIpc) is 3.15. The second kappa shape index (κ2) is 11.3. The molecule has 5 nitrogen and oxygen atoms in total. The molecular formula is C20H29BrFIN4O. The summed E-state index contributed by atoms with van der Waals surface area (Å²) in [5.41, 5.74) is 0.585. The van der Waals surface area contributed by atoms with E-state index in [4.69, 9.17) is 0 Å². The van der Waals surface area contributed by atoms with E-state index in [0.717, 1.165) is 30.3 Å². The van der Waals surface area contributed by atoms with Crippen LogP contribution in [0.15, 0.2) is 27.7 Å². The molecule has 1 heterocycles. The van der Waals surface area contributed by atoms with Crippen molar-refractivity contribution in [1.82, 2.24) is 15.5 Å². The lowest BCUT2D eigenvalue weighted by Gasteiger charge is -2.26. The maximum atomic E-state index is 14.0. The SMILES string of the molecule is CN=C(NCc1ccc(Br)cc1F)NC1CCN(C(=O)C2CCCCC2)C1.I. The summed E-state index contributed by atoms with van der Waals surface area (Å²) in [5.74, 6) is 0.918. The van der Waals surface area contributed by atoms with Crippen molar-refractivity contribution in [3.8, 4) is 0 Å². The van der Waals surface area contributed by atoms with Crippen LogP contribution < -0.4 is 10.6 Å². The number of nitrogens with one attached hydrogen (secondary N) is 2. The van der Waals surface area contributed by atoms with Crippen molar-refractivity contribution >= 4 is 51.8 Å². The summed E-state index contributed by atoms with van der Waals surface area (Å²) in [6, 6.07) is 5.21. The van der Waals surface area contributed by atoms with Gasteiger partial charge in [0.25, 0.3) is 0 Å². The Morgan fingerprint density at radius 3 is 2.71 bits per heavy atom. The Morgan fingerprint density at radius 2 is 2.04 bits per heavy atom. The lowest BCUT2D eigenvalue weighted by atomic mass is 9.88. The highest BCUT2D eigenvalue weighted by Crippen LogP contribution is 2.26. The summed E-state index contributed by atoms with van der Waals surface area (Å²) >= 11 is 3.27. The van der Waals surface area contributed by atoms with Gasteiger partial charge in [0.15, 0.2) is 5.96 Å². The van der Waals surface area contributed by atoms with Crippen LogP contribution in [-0.2, 0) is 11.3 Å². The van der Waals surface area contributed by atoms with E-state index in [-0.39, 0.29) is 41.8 Å². The highest BCUT2D eigenvalue weighted by atomic mass is 127. The first-order valence-corrected chi connectivity index (χ1v) is 10.6. The van der Waals surface area contributed by atoms with Crippen LogP contribution >= 0.6 is 39.9 Å². The number of aliphatic imine (C=N–C) groups is 1. The second-order valence-corrected chi connectivity index (χ2v) is 8.33. The zero-order valence-electron chi connectivity index (χ0n) is 16.2. The number of guanidine groups is 1. The van der Waals surface area contributed by atoms with Crippen molar-refractivity contribution in [2.45, 2.75) is 51.1 Å². The molecule has 1 atom stereocenters. The Bertz CT molecular complexity index is 697. The van der Waals surface area contributed by atoms with Crippen LogP contribution in [0.1, 0.15) is 44.1 Å². The minimum atomic E-state index is -0.252. The van der Waals surface area contributed by atoms with E-state index >= 15 is 0 Å². The van der Waals surface area contributed by atoms with Gasteiger partial charge in [-0.3, -0.25) is 9.79 Å². The highest BCUT2D eigenvalue weighted by molar-refractivity contribution is 14.0. The number of carbonyl (C=O) groups excluding carboxylic acids is 1. The second-order valence-electron chi connectivity index (χ2n) is 7.41. The van der Waals surface area contributed by atoms with Crippen molar-refractivity contribution in [3.63, 3.8) is 0 Å². The molecule has 0 bridgehead atoms. The first kappa shape index (κ1) is 23.4. The van der Waals surface area contributed by atoms with Gasteiger partial charge in [-0.2, -0.15) is 0 Å². The van der Waals surface area contributed by atoms with Gasteiger partial charge in [0.05, 0.1) is 0 Å². The highest BCUT2D eigenvalue weighted by Gasteiger charge is 2.31. The molecule has 1 saturated heterocycles. The summed E-state index contributed by atoms with van der Waals surface area (Å²) in [5, 5.41) is 6.53.